The highest BCUT2D eigenvalue weighted by Gasteiger charge is 2.28. The van der Waals surface area contributed by atoms with Crippen molar-refractivity contribution in [3.05, 3.63) is 34.4 Å². The van der Waals surface area contributed by atoms with E-state index in [9.17, 15) is 0 Å². The molecule has 1 unspecified atom stereocenters. The first kappa shape index (κ1) is 11.3. The average molecular weight is 293 g/mol. The molecule has 1 aliphatic carbocycles. The zero-order chi connectivity index (χ0) is 11.8. The van der Waals surface area contributed by atoms with Gasteiger partial charge < -0.3 is 10.7 Å². The van der Waals surface area contributed by atoms with E-state index in [0.29, 0.717) is 6.04 Å². The van der Waals surface area contributed by atoms with Gasteiger partial charge in [-0.25, -0.2) is 0 Å². The van der Waals surface area contributed by atoms with Gasteiger partial charge in [0.1, 0.15) is 0 Å². The molecule has 3 rings (SSSR count). The summed E-state index contributed by atoms with van der Waals surface area (Å²) in [5, 5.41) is 1.32. The largest absolute Gasteiger partial charge is 0.361 e. The third-order valence-corrected chi connectivity index (χ3v) is 4.20. The molecule has 90 valence electrons. The maximum atomic E-state index is 6.15. The molecule has 1 fully saturated rings. The number of aromatic nitrogens is 1. The summed E-state index contributed by atoms with van der Waals surface area (Å²) in [5.41, 5.74) is 8.75. The number of nitrogens with one attached hydrogen (secondary N) is 1. The fourth-order valence-electron chi connectivity index (χ4n) is 2.44. The van der Waals surface area contributed by atoms with E-state index in [1.54, 1.807) is 0 Å². The fraction of sp³-hybridized carbons (Fsp3) is 0.429. The maximum Gasteiger partial charge on any atom is 0.0457 e. The van der Waals surface area contributed by atoms with Crippen LogP contribution in [0, 0.1) is 5.92 Å². The van der Waals surface area contributed by atoms with E-state index < -0.39 is 0 Å². The molecule has 0 saturated heterocycles. The molecule has 0 radical (unpaired) electrons. The molecule has 1 saturated carbocycles. The van der Waals surface area contributed by atoms with E-state index in [2.05, 4.69) is 45.3 Å². The number of hydrogen-bond acceptors (Lipinski definition) is 1. The summed E-state index contributed by atoms with van der Waals surface area (Å²) in [6.07, 6.45) is 6.97. The van der Waals surface area contributed by atoms with E-state index in [1.807, 2.05) is 0 Å². The summed E-state index contributed by atoms with van der Waals surface area (Å²) >= 11 is 3.53. The fourth-order valence-corrected chi connectivity index (χ4v) is 2.80. The van der Waals surface area contributed by atoms with Gasteiger partial charge in [0.2, 0.25) is 0 Å². The Kier molecular flexibility index (Phi) is 2.97. The number of H-pyrrole nitrogens is 1. The van der Waals surface area contributed by atoms with Crippen molar-refractivity contribution >= 4 is 26.8 Å². The summed E-state index contributed by atoms with van der Waals surface area (Å²) in [6, 6.07) is 6.76. The van der Waals surface area contributed by atoms with Crippen molar-refractivity contribution in [2.75, 3.05) is 0 Å². The Morgan fingerprint density at radius 3 is 3.00 bits per heavy atom. The molecule has 0 spiro atoms. The first-order chi connectivity index (χ1) is 8.24. The van der Waals surface area contributed by atoms with Crippen molar-refractivity contribution in [1.82, 2.24) is 4.98 Å². The van der Waals surface area contributed by atoms with E-state index in [-0.39, 0.29) is 0 Å². The number of halogens is 1. The number of aryl methyl sites for hydroxylation is 1. The lowest BCUT2D eigenvalue weighted by Crippen LogP contribution is -2.22. The number of hydrogen-bond donors (Lipinski definition) is 2. The van der Waals surface area contributed by atoms with Crippen molar-refractivity contribution in [2.24, 2.45) is 11.7 Å². The van der Waals surface area contributed by atoms with Gasteiger partial charge in [-0.3, -0.25) is 0 Å². The molecular weight excluding hydrogens is 276 g/mol. The van der Waals surface area contributed by atoms with Crippen molar-refractivity contribution in [3.8, 4) is 0 Å². The van der Waals surface area contributed by atoms with Crippen molar-refractivity contribution < 1.29 is 0 Å². The van der Waals surface area contributed by atoms with E-state index in [4.69, 9.17) is 5.73 Å². The van der Waals surface area contributed by atoms with Gasteiger partial charge >= 0.3 is 0 Å². The van der Waals surface area contributed by atoms with E-state index >= 15 is 0 Å². The minimum absolute atomic E-state index is 0.395. The number of nitrogens with two attached hydrogens (primary N) is 1. The van der Waals surface area contributed by atoms with Gasteiger partial charge in [-0.2, -0.15) is 0 Å². The van der Waals surface area contributed by atoms with Crippen LogP contribution < -0.4 is 5.73 Å². The second-order valence-corrected chi connectivity index (χ2v) is 5.96. The Morgan fingerprint density at radius 2 is 2.24 bits per heavy atom. The second kappa shape index (κ2) is 4.46. The van der Waals surface area contributed by atoms with Gasteiger partial charge in [-0.1, -0.05) is 15.9 Å². The van der Waals surface area contributed by atoms with Gasteiger partial charge in [0, 0.05) is 27.6 Å². The molecule has 3 N–H and O–H groups in total. The zero-order valence-corrected chi connectivity index (χ0v) is 11.3. The molecule has 0 amide bonds. The smallest absolute Gasteiger partial charge is 0.0457 e. The van der Waals surface area contributed by atoms with Crippen molar-refractivity contribution in [2.45, 2.75) is 31.7 Å². The molecule has 0 aliphatic heterocycles. The molecule has 2 nitrogen and oxygen atoms in total. The molecule has 3 heteroatoms. The number of benzene rings is 1. The number of rotatable bonds is 4. The van der Waals surface area contributed by atoms with Crippen LogP contribution in [-0.2, 0) is 6.42 Å². The summed E-state index contributed by atoms with van der Waals surface area (Å²) in [5.74, 6) is 0.798. The Labute approximate surface area is 110 Å². The van der Waals surface area contributed by atoms with Crippen LogP contribution in [0.25, 0.3) is 10.9 Å². The van der Waals surface area contributed by atoms with Gasteiger partial charge in [-0.15, -0.1) is 0 Å². The Morgan fingerprint density at radius 1 is 1.41 bits per heavy atom. The molecule has 1 heterocycles. The molecule has 1 atom stereocenters. The van der Waals surface area contributed by atoms with Crippen LogP contribution >= 0.6 is 15.9 Å². The van der Waals surface area contributed by atoms with Crippen LogP contribution in [0.15, 0.2) is 28.9 Å². The van der Waals surface area contributed by atoms with Crippen LogP contribution in [0.4, 0.5) is 0 Å². The Bertz CT molecular complexity index is 528. The highest BCUT2D eigenvalue weighted by Crippen LogP contribution is 2.33. The lowest BCUT2D eigenvalue weighted by atomic mass is 10.0. The monoisotopic (exact) mass is 292 g/mol. The van der Waals surface area contributed by atoms with Crippen LogP contribution in [0.5, 0.6) is 0 Å². The Balaban J connectivity index is 1.77. The third-order valence-electron chi connectivity index (χ3n) is 3.70. The predicted molar refractivity (Wildman–Crippen MR) is 75.0 cm³/mol. The SMILES string of the molecule is NC(CCc1c[nH]c2ccc(Br)cc12)C1CC1. The molecule has 1 aliphatic rings. The minimum Gasteiger partial charge on any atom is -0.361 e. The van der Waals surface area contributed by atoms with Gasteiger partial charge in [0.15, 0.2) is 0 Å². The lowest BCUT2D eigenvalue weighted by molar-refractivity contribution is 0.551. The van der Waals surface area contributed by atoms with Gasteiger partial charge in [0.25, 0.3) is 0 Å². The van der Waals surface area contributed by atoms with Crippen molar-refractivity contribution in [3.63, 3.8) is 0 Å². The summed E-state index contributed by atoms with van der Waals surface area (Å²) in [4.78, 5) is 3.32. The molecule has 17 heavy (non-hydrogen) atoms. The van der Waals surface area contributed by atoms with E-state index in [1.165, 1.54) is 29.3 Å². The maximum absolute atomic E-state index is 6.15. The average Bonchev–Trinajstić information content (AvgIpc) is 3.09. The van der Waals surface area contributed by atoms with Crippen molar-refractivity contribution in [1.29, 1.82) is 0 Å². The zero-order valence-electron chi connectivity index (χ0n) is 9.75. The molecule has 0 bridgehead atoms. The predicted octanol–water partition coefficient (Wildman–Crippen LogP) is 3.60. The van der Waals surface area contributed by atoms with Crippen LogP contribution in [0.2, 0.25) is 0 Å². The standard InChI is InChI=1S/C14H17BrN2/c15-11-4-6-14-12(7-11)10(8-17-14)3-5-13(16)9-1-2-9/h4,6-9,13,17H,1-3,5,16H2. The van der Waals surface area contributed by atoms with E-state index in [0.717, 1.165) is 23.2 Å². The Hall–Kier alpha value is -0.800. The van der Waals surface area contributed by atoms with Crippen LogP contribution in [-0.4, -0.2) is 11.0 Å². The summed E-state index contributed by atoms with van der Waals surface area (Å²) < 4.78 is 1.14. The van der Waals surface area contributed by atoms with Crippen LogP contribution in [0.3, 0.4) is 0 Å². The quantitative estimate of drug-likeness (QED) is 0.888. The number of aromatic amines is 1. The first-order valence-corrected chi connectivity index (χ1v) is 7.04. The normalized spacial score (nSPS) is 17.5. The highest BCUT2D eigenvalue weighted by molar-refractivity contribution is 9.10. The van der Waals surface area contributed by atoms with Gasteiger partial charge in [-0.05, 0) is 55.4 Å². The molecular formula is C14H17BrN2. The minimum atomic E-state index is 0.395. The molecule has 1 aromatic heterocycles. The third kappa shape index (κ3) is 2.40. The summed E-state index contributed by atoms with van der Waals surface area (Å²) in [7, 11) is 0. The first-order valence-electron chi connectivity index (χ1n) is 6.25. The molecule has 1 aromatic carbocycles. The van der Waals surface area contributed by atoms with Crippen LogP contribution in [0.1, 0.15) is 24.8 Å². The lowest BCUT2D eigenvalue weighted by Gasteiger charge is -2.08. The summed E-state index contributed by atoms with van der Waals surface area (Å²) in [6.45, 7) is 0. The molecule has 2 aromatic rings. The second-order valence-electron chi connectivity index (χ2n) is 5.04. The van der Waals surface area contributed by atoms with Gasteiger partial charge in [0.05, 0.1) is 0 Å². The topological polar surface area (TPSA) is 41.8 Å². The highest BCUT2D eigenvalue weighted by atomic mass is 79.9. The number of fused-ring (bicyclic) bond motifs is 1.